The Morgan fingerprint density at radius 1 is 0.943 bits per heavy atom. The summed E-state index contributed by atoms with van der Waals surface area (Å²) in [5, 5.41) is 3.03. The number of carbonyl (C=O) groups excluding carboxylic acids is 1. The number of ether oxygens (including phenoxy) is 1. The molecule has 0 saturated heterocycles. The molecule has 6 rings (SSSR count). The zero-order valence-corrected chi connectivity index (χ0v) is 20.0. The predicted octanol–water partition coefficient (Wildman–Crippen LogP) is 5.46. The highest BCUT2D eigenvalue weighted by Gasteiger charge is 2.29. The third-order valence-corrected chi connectivity index (χ3v) is 7.03. The van der Waals surface area contributed by atoms with Crippen molar-refractivity contribution < 1.29 is 9.53 Å². The zero-order chi connectivity index (χ0) is 23.8. The van der Waals surface area contributed by atoms with Gasteiger partial charge in [0.25, 0.3) is 0 Å². The fourth-order valence-corrected chi connectivity index (χ4v) is 5.50. The highest BCUT2D eigenvalue weighted by molar-refractivity contribution is 6.00. The lowest BCUT2D eigenvalue weighted by Crippen LogP contribution is -2.36. The first-order chi connectivity index (χ1) is 17.2. The molecule has 1 amide bonds. The van der Waals surface area contributed by atoms with Crippen LogP contribution >= 0.6 is 0 Å². The monoisotopic (exact) mass is 463 g/mol. The lowest BCUT2D eigenvalue weighted by Gasteiger charge is -2.27. The molecule has 0 radical (unpaired) electrons. The minimum Gasteiger partial charge on any atom is -0.489 e. The van der Waals surface area contributed by atoms with E-state index in [1.54, 1.807) is 6.92 Å². The van der Waals surface area contributed by atoms with Crippen molar-refractivity contribution in [1.29, 1.82) is 0 Å². The summed E-state index contributed by atoms with van der Waals surface area (Å²) < 4.78 is 8.13. The van der Waals surface area contributed by atoms with Crippen LogP contribution in [0.15, 0.2) is 78.9 Å². The summed E-state index contributed by atoms with van der Waals surface area (Å²) in [6, 6.07) is 24.8. The van der Waals surface area contributed by atoms with Gasteiger partial charge in [-0.2, -0.15) is 0 Å². The zero-order valence-electron chi connectivity index (χ0n) is 20.0. The Balaban J connectivity index is 1.50. The molecular formula is C30H29N3O2. The first kappa shape index (κ1) is 21.7. The van der Waals surface area contributed by atoms with E-state index in [-0.39, 0.29) is 5.91 Å². The molecular weight excluding hydrogens is 434 g/mol. The molecule has 0 fully saturated rings. The molecule has 0 spiro atoms. The number of benzene rings is 3. The number of hydrogen-bond acceptors (Lipinski definition) is 3. The highest BCUT2D eigenvalue weighted by atomic mass is 16.5. The second-order valence-electron chi connectivity index (χ2n) is 9.25. The summed E-state index contributed by atoms with van der Waals surface area (Å²) in [4.78, 5) is 15.6. The Kier molecular flexibility index (Phi) is 5.63. The van der Waals surface area contributed by atoms with Crippen molar-refractivity contribution in [3.8, 4) is 5.75 Å². The van der Waals surface area contributed by atoms with Gasteiger partial charge in [-0.05, 0) is 47.9 Å². The first-order valence-electron chi connectivity index (χ1n) is 12.3. The Morgan fingerprint density at radius 3 is 2.46 bits per heavy atom. The number of para-hydroxylation sites is 1. The molecule has 5 nitrogen and oxygen atoms in total. The summed E-state index contributed by atoms with van der Waals surface area (Å²) in [5.74, 6) is 0.908. The summed E-state index contributed by atoms with van der Waals surface area (Å²) in [5.41, 5.74) is 6.91. The van der Waals surface area contributed by atoms with E-state index in [0.29, 0.717) is 6.61 Å². The minimum absolute atomic E-state index is 0.00852. The van der Waals surface area contributed by atoms with Crippen LogP contribution < -0.4 is 9.75 Å². The van der Waals surface area contributed by atoms with Crippen LogP contribution in [0, 0.1) is 0 Å². The van der Waals surface area contributed by atoms with E-state index < -0.39 is 0 Å². The Bertz CT molecular complexity index is 1410. The molecule has 0 N–H and O–H groups in total. The van der Waals surface area contributed by atoms with Crippen molar-refractivity contribution in [2.75, 3.05) is 24.7 Å². The minimum atomic E-state index is -0.00852. The average Bonchev–Trinajstić information content (AvgIpc) is 3.05. The third-order valence-electron chi connectivity index (χ3n) is 7.03. The topological polar surface area (TPSA) is 37.7 Å². The highest BCUT2D eigenvalue weighted by Crippen LogP contribution is 2.39. The van der Waals surface area contributed by atoms with Crippen LogP contribution in [0.25, 0.3) is 17.0 Å². The number of nitrogens with zero attached hydrogens (tertiary/aromatic N) is 3. The predicted molar refractivity (Wildman–Crippen MR) is 141 cm³/mol. The number of amides is 1. The molecule has 0 saturated carbocycles. The van der Waals surface area contributed by atoms with E-state index in [9.17, 15) is 4.79 Å². The summed E-state index contributed by atoms with van der Waals surface area (Å²) in [6.07, 6.45) is 6.05. The van der Waals surface area contributed by atoms with Crippen molar-refractivity contribution >= 4 is 28.6 Å². The quantitative estimate of drug-likeness (QED) is 0.403. The van der Waals surface area contributed by atoms with Crippen LogP contribution in [0.1, 0.15) is 29.3 Å². The van der Waals surface area contributed by atoms with Gasteiger partial charge < -0.3 is 4.74 Å². The van der Waals surface area contributed by atoms with E-state index in [4.69, 9.17) is 4.74 Å². The van der Waals surface area contributed by atoms with Crippen LogP contribution in [0.2, 0.25) is 0 Å². The van der Waals surface area contributed by atoms with Crippen molar-refractivity contribution in [3.63, 3.8) is 0 Å². The number of rotatable bonds is 4. The molecule has 35 heavy (non-hydrogen) atoms. The molecule has 0 unspecified atom stereocenters. The maximum absolute atomic E-state index is 13.1. The molecule has 3 aromatic carbocycles. The van der Waals surface area contributed by atoms with E-state index in [1.165, 1.54) is 22.2 Å². The molecule has 2 aliphatic rings. The molecule has 176 valence electrons. The largest absolute Gasteiger partial charge is 0.489 e. The normalized spacial score (nSPS) is 15.2. The molecule has 0 atom stereocenters. The maximum atomic E-state index is 13.1. The fourth-order valence-electron chi connectivity index (χ4n) is 5.50. The van der Waals surface area contributed by atoms with E-state index in [1.807, 2.05) is 41.4 Å². The summed E-state index contributed by atoms with van der Waals surface area (Å²) in [6.45, 7) is 5.08. The number of aromatic nitrogens is 1. The molecule has 0 bridgehead atoms. The standard InChI is InChI=1S/C30H29N3O2/c1-22(34)32(24-11-6-3-7-12-24)33-27-17-19-31(21-23-9-4-2-5-10-23)18-16-25(27)30-26-13-8-20-35-29(26)15-14-28(30)33/h2-15H,16-21H2,1H3. The van der Waals surface area contributed by atoms with Gasteiger partial charge in [0, 0.05) is 49.6 Å². The second-order valence-corrected chi connectivity index (χ2v) is 9.25. The number of anilines is 1. The first-order valence-corrected chi connectivity index (χ1v) is 12.3. The van der Waals surface area contributed by atoms with Crippen LogP contribution in [-0.4, -0.2) is 35.2 Å². The van der Waals surface area contributed by atoms with Gasteiger partial charge in [-0.15, -0.1) is 0 Å². The lowest BCUT2D eigenvalue weighted by atomic mass is 10.00. The van der Waals surface area contributed by atoms with Gasteiger partial charge in [0.15, 0.2) is 0 Å². The van der Waals surface area contributed by atoms with Gasteiger partial charge in [-0.1, -0.05) is 54.6 Å². The molecule has 4 aromatic rings. The maximum Gasteiger partial charge on any atom is 0.243 e. The van der Waals surface area contributed by atoms with Gasteiger partial charge in [0.05, 0.1) is 11.2 Å². The number of carbonyl (C=O) groups is 1. The van der Waals surface area contributed by atoms with Gasteiger partial charge in [0.2, 0.25) is 5.91 Å². The fraction of sp³-hybridized carbons (Fsp3) is 0.233. The van der Waals surface area contributed by atoms with Crippen LogP contribution in [0.5, 0.6) is 5.75 Å². The third kappa shape index (κ3) is 3.92. The van der Waals surface area contributed by atoms with Crippen molar-refractivity contribution in [2.24, 2.45) is 0 Å². The van der Waals surface area contributed by atoms with Crippen LogP contribution in [-0.2, 0) is 24.2 Å². The summed E-state index contributed by atoms with van der Waals surface area (Å²) in [7, 11) is 0. The Labute approximate surface area is 205 Å². The van der Waals surface area contributed by atoms with Crippen LogP contribution in [0.4, 0.5) is 5.69 Å². The summed E-state index contributed by atoms with van der Waals surface area (Å²) >= 11 is 0. The lowest BCUT2D eigenvalue weighted by molar-refractivity contribution is -0.117. The van der Waals surface area contributed by atoms with E-state index in [2.05, 4.69) is 58.1 Å². The molecule has 3 heterocycles. The second kappa shape index (κ2) is 9.08. The average molecular weight is 464 g/mol. The van der Waals surface area contributed by atoms with Gasteiger partial charge in [-0.3, -0.25) is 9.69 Å². The van der Waals surface area contributed by atoms with Crippen molar-refractivity contribution in [1.82, 2.24) is 9.58 Å². The van der Waals surface area contributed by atoms with E-state index in [0.717, 1.165) is 55.0 Å². The smallest absolute Gasteiger partial charge is 0.243 e. The van der Waals surface area contributed by atoms with E-state index >= 15 is 0 Å². The Hall–Kier alpha value is -3.83. The molecule has 2 aliphatic heterocycles. The van der Waals surface area contributed by atoms with Crippen molar-refractivity contribution in [2.45, 2.75) is 26.3 Å². The molecule has 5 heteroatoms. The molecule has 1 aromatic heterocycles. The van der Waals surface area contributed by atoms with Crippen LogP contribution in [0.3, 0.4) is 0 Å². The Morgan fingerprint density at radius 2 is 1.69 bits per heavy atom. The van der Waals surface area contributed by atoms with Gasteiger partial charge in [0.1, 0.15) is 12.4 Å². The number of fused-ring (bicyclic) bond motifs is 5. The SMILES string of the molecule is CC(=O)N(c1ccccc1)n1c2c(c3c4c(ccc31)OCC=C4)CCN(Cc1ccccc1)CC2. The van der Waals surface area contributed by atoms with Gasteiger partial charge >= 0.3 is 0 Å². The van der Waals surface area contributed by atoms with Crippen molar-refractivity contribution in [3.05, 3.63) is 101 Å². The number of hydrogen-bond donors (Lipinski definition) is 0. The molecule has 0 aliphatic carbocycles. The van der Waals surface area contributed by atoms with Gasteiger partial charge in [-0.25, -0.2) is 9.69 Å².